The molecule has 1 aromatic carbocycles. The van der Waals surface area contributed by atoms with E-state index in [0.29, 0.717) is 31.3 Å². The van der Waals surface area contributed by atoms with E-state index in [2.05, 4.69) is 22.8 Å². The SMILES string of the molecule is Cl.O=C(NCCCC(=O)N1Cc2ccccc2C1)C1CC2CCCCC2N1. The van der Waals surface area contributed by atoms with Crippen molar-refractivity contribution >= 4 is 24.2 Å². The molecule has 5 nitrogen and oxygen atoms in total. The molecule has 2 N–H and O–H groups in total. The van der Waals surface area contributed by atoms with Gasteiger partial charge in [-0.1, -0.05) is 37.1 Å². The number of halogens is 1. The molecule has 1 saturated carbocycles. The van der Waals surface area contributed by atoms with Crippen LogP contribution in [0.5, 0.6) is 0 Å². The first-order chi connectivity index (χ1) is 12.7. The topological polar surface area (TPSA) is 61.4 Å². The summed E-state index contributed by atoms with van der Waals surface area (Å²) in [6.45, 7) is 2.02. The minimum atomic E-state index is -0.0353. The number of hydrogen-bond acceptors (Lipinski definition) is 3. The first-order valence-electron chi connectivity index (χ1n) is 10.1. The van der Waals surface area contributed by atoms with Gasteiger partial charge in [0.1, 0.15) is 0 Å². The molecule has 6 heteroatoms. The fraction of sp³-hybridized carbons (Fsp3) is 0.619. The number of rotatable bonds is 5. The second-order valence-corrected chi connectivity index (χ2v) is 8.02. The van der Waals surface area contributed by atoms with Crippen molar-refractivity contribution in [2.75, 3.05) is 6.54 Å². The van der Waals surface area contributed by atoms with Gasteiger partial charge in [0.05, 0.1) is 6.04 Å². The highest BCUT2D eigenvalue weighted by molar-refractivity contribution is 5.85. The lowest BCUT2D eigenvalue weighted by Gasteiger charge is -2.24. The average molecular weight is 392 g/mol. The Balaban J connectivity index is 0.00000210. The number of carbonyl (C=O) groups is 2. The van der Waals surface area contributed by atoms with Gasteiger partial charge in [-0.25, -0.2) is 0 Å². The lowest BCUT2D eigenvalue weighted by Crippen LogP contribution is -2.43. The number of nitrogens with one attached hydrogen (secondary N) is 2. The van der Waals surface area contributed by atoms with Crippen LogP contribution in [-0.2, 0) is 22.7 Å². The number of hydrogen-bond donors (Lipinski definition) is 2. The third-order valence-corrected chi connectivity index (χ3v) is 6.24. The molecular formula is C21H30ClN3O2. The zero-order valence-electron chi connectivity index (χ0n) is 15.8. The van der Waals surface area contributed by atoms with Crippen LogP contribution in [0, 0.1) is 5.92 Å². The van der Waals surface area contributed by atoms with Crippen molar-refractivity contribution in [3.05, 3.63) is 35.4 Å². The standard InChI is InChI=1S/C21H29N3O2.ClH/c25-20(24-13-16-7-1-2-8-17(16)14-24)10-5-11-22-21(26)19-12-15-6-3-4-9-18(15)23-19;/h1-2,7-8,15,18-19,23H,3-6,9-14H2,(H,22,26);1H. The molecule has 3 atom stereocenters. The monoisotopic (exact) mass is 391 g/mol. The molecule has 4 rings (SSSR count). The van der Waals surface area contributed by atoms with E-state index in [-0.39, 0.29) is 30.3 Å². The molecular weight excluding hydrogens is 362 g/mol. The van der Waals surface area contributed by atoms with Gasteiger partial charge in [-0.05, 0) is 42.7 Å². The molecule has 1 saturated heterocycles. The Labute approximate surface area is 167 Å². The summed E-state index contributed by atoms with van der Waals surface area (Å²) in [5.41, 5.74) is 2.51. The molecule has 0 spiro atoms. The summed E-state index contributed by atoms with van der Waals surface area (Å²) in [6.07, 6.45) is 7.23. The number of benzene rings is 1. The summed E-state index contributed by atoms with van der Waals surface area (Å²) in [6, 6.07) is 8.74. The van der Waals surface area contributed by atoms with E-state index in [1.807, 2.05) is 17.0 Å². The van der Waals surface area contributed by atoms with Crippen LogP contribution >= 0.6 is 12.4 Å². The van der Waals surface area contributed by atoms with Gasteiger partial charge in [-0.3, -0.25) is 9.59 Å². The second-order valence-electron chi connectivity index (χ2n) is 8.02. The van der Waals surface area contributed by atoms with E-state index in [0.717, 1.165) is 19.5 Å². The predicted molar refractivity (Wildman–Crippen MR) is 107 cm³/mol. The third kappa shape index (κ3) is 4.64. The van der Waals surface area contributed by atoms with Crippen molar-refractivity contribution in [3.8, 4) is 0 Å². The Morgan fingerprint density at radius 3 is 2.52 bits per heavy atom. The summed E-state index contributed by atoms with van der Waals surface area (Å²) in [5, 5.41) is 6.54. The van der Waals surface area contributed by atoms with Crippen LogP contribution in [0.3, 0.4) is 0 Å². The van der Waals surface area contributed by atoms with Crippen LogP contribution in [-0.4, -0.2) is 35.3 Å². The maximum absolute atomic E-state index is 12.4. The minimum absolute atomic E-state index is 0. The largest absolute Gasteiger partial charge is 0.355 e. The van der Waals surface area contributed by atoms with Crippen molar-refractivity contribution < 1.29 is 9.59 Å². The first kappa shape index (κ1) is 20.2. The quantitative estimate of drug-likeness (QED) is 0.759. The van der Waals surface area contributed by atoms with Crippen molar-refractivity contribution in [2.24, 2.45) is 5.92 Å². The van der Waals surface area contributed by atoms with Gasteiger partial charge in [-0.2, -0.15) is 0 Å². The first-order valence-corrected chi connectivity index (χ1v) is 10.1. The molecule has 1 aromatic rings. The molecule has 2 amide bonds. The molecule has 27 heavy (non-hydrogen) atoms. The van der Waals surface area contributed by atoms with E-state index in [1.54, 1.807) is 0 Å². The molecule has 0 bridgehead atoms. The maximum Gasteiger partial charge on any atom is 0.237 e. The summed E-state index contributed by atoms with van der Waals surface area (Å²) >= 11 is 0. The zero-order valence-corrected chi connectivity index (χ0v) is 16.6. The van der Waals surface area contributed by atoms with Crippen LogP contribution in [0.4, 0.5) is 0 Å². The van der Waals surface area contributed by atoms with Crippen molar-refractivity contribution in [3.63, 3.8) is 0 Å². The smallest absolute Gasteiger partial charge is 0.237 e. The van der Waals surface area contributed by atoms with Crippen LogP contribution in [0.15, 0.2) is 24.3 Å². The molecule has 1 aliphatic carbocycles. The van der Waals surface area contributed by atoms with Crippen LogP contribution in [0.1, 0.15) is 56.1 Å². The minimum Gasteiger partial charge on any atom is -0.355 e. The van der Waals surface area contributed by atoms with E-state index in [9.17, 15) is 9.59 Å². The Hall–Kier alpha value is -1.59. The molecule has 0 aromatic heterocycles. The highest BCUT2D eigenvalue weighted by Gasteiger charge is 2.37. The number of nitrogens with zero attached hydrogens (tertiary/aromatic N) is 1. The average Bonchev–Trinajstić information content (AvgIpc) is 3.28. The molecule has 148 valence electrons. The Kier molecular flexibility index (Phi) is 6.77. The van der Waals surface area contributed by atoms with Crippen LogP contribution in [0.25, 0.3) is 0 Å². The van der Waals surface area contributed by atoms with Gasteiger partial charge in [0, 0.05) is 32.1 Å². The molecule has 2 fully saturated rings. The highest BCUT2D eigenvalue weighted by atomic mass is 35.5. The predicted octanol–water partition coefficient (Wildman–Crippen LogP) is 2.77. The van der Waals surface area contributed by atoms with Crippen LogP contribution in [0.2, 0.25) is 0 Å². The molecule has 0 radical (unpaired) electrons. The lowest BCUT2D eigenvalue weighted by atomic mass is 9.85. The van der Waals surface area contributed by atoms with Gasteiger partial charge >= 0.3 is 0 Å². The zero-order chi connectivity index (χ0) is 17.9. The second kappa shape index (κ2) is 9.07. The number of amides is 2. The van der Waals surface area contributed by atoms with Crippen molar-refractivity contribution in [1.82, 2.24) is 15.5 Å². The Morgan fingerprint density at radius 1 is 1.11 bits per heavy atom. The van der Waals surface area contributed by atoms with Crippen LogP contribution < -0.4 is 10.6 Å². The van der Waals surface area contributed by atoms with Gasteiger partial charge in [0.15, 0.2) is 0 Å². The Morgan fingerprint density at radius 2 is 1.81 bits per heavy atom. The molecule has 3 aliphatic rings. The summed E-state index contributed by atoms with van der Waals surface area (Å²) in [7, 11) is 0. The number of fused-ring (bicyclic) bond motifs is 2. The van der Waals surface area contributed by atoms with E-state index >= 15 is 0 Å². The summed E-state index contributed by atoms with van der Waals surface area (Å²) < 4.78 is 0. The summed E-state index contributed by atoms with van der Waals surface area (Å²) in [4.78, 5) is 26.7. The third-order valence-electron chi connectivity index (χ3n) is 6.24. The lowest BCUT2D eigenvalue weighted by molar-refractivity contribution is -0.132. The van der Waals surface area contributed by atoms with Gasteiger partial charge < -0.3 is 15.5 Å². The fourth-order valence-electron chi connectivity index (χ4n) is 4.76. The van der Waals surface area contributed by atoms with Gasteiger partial charge in [-0.15, -0.1) is 12.4 Å². The number of carbonyl (C=O) groups excluding carboxylic acids is 2. The molecule has 3 unspecified atom stereocenters. The van der Waals surface area contributed by atoms with Gasteiger partial charge in [0.25, 0.3) is 0 Å². The van der Waals surface area contributed by atoms with E-state index in [1.165, 1.54) is 36.8 Å². The molecule has 2 heterocycles. The van der Waals surface area contributed by atoms with Crippen molar-refractivity contribution in [1.29, 1.82) is 0 Å². The maximum atomic E-state index is 12.4. The van der Waals surface area contributed by atoms with Crippen molar-refractivity contribution in [2.45, 2.75) is 70.1 Å². The molecule has 2 aliphatic heterocycles. The fourth-order valence-corrected chi connectivity index (χ4v) is 4.76. The highest BCUT2D eigenvalue weighted by Crippen LogP contribution is 2.33. The Bertz CT molecular complexity index is 642. The van der Waals surface area contributed by atoms with Gasteiger partial charge in [0.2, 0.25) is 11.8 Å². The summed E-state index contributed by atoms with van der Waals surface area (Å²) in [5.74, 6) is 0.971. The van der Waals surface area contributed by atoms with E-state index in [4.69, 9.17) is 0 Å². The van der Waals surface area contributed by atoms with E-state index < -0.39 is 0 Å². The normalized spacial score (nSPS) is 26.1.